The van der Waals surface area contributed by atoms with Gasteiger partial charge in [-0.25, -0.2) is 13.6 Å². The smallest absolute Gasteiger partial charge is 0.360 e. The molecule has 11 heteroatoms. The zero-order chi connectivity index (χ0) is 15.7. The number of hydrogen-bond donors (Lipinski definition) is 1. The maximum atomic E-state index is 12.1. The van der Waals surface area contributed by atoms with Gasteiger partial charge in [-0.1, -0.05) is 13.8 Å². The number of ether oxygens (including phenoxy) is 1. The van der Waals surface area contributed by atoms with Gasteiger partial charge in [0.1, 0.15) is 0 Å². The summed E-state index contributed by atoms with van der Waals surface area (Å²) in [5.74, 6) is -0.803. The predicted molar refractivity (Wildman–Crippen MR) is 53.6 cm³/mol. The van der Waals surface area contributed by atoms with E-state index in [9.17, 15) is 34.8 Å². The van der Waals surface area contributed by atoms with Crippen molar-refractivity contribution in [1.29, 1.82) is 0 Å². The highest BCUT2D eigenvalue weighted by atomic mass is 32.2. The molecule has 0 bridgehead atoms. The first-order chi connectivity index (χ1) is 8.05. The Morgan fingerprint density at radius 1 is 1.05 bits per heavy atom. The summed E-state index contributed by atoms with van der Waals surface area (Å²) in [5, 5.41) is 4.67. The van der Waals surface area contributed by atoms with Gasteiger partial charge in [0.25, 0.3) is 0 Å². The molecule has 0 atom stereocenters. The van der Waals surface area contributed by atoms with Crippen LogP contribution in [0.4, 0.5) is 26.3 Å². The summed E-state index contributed by atoms with van der Waals surface area (Å²) < 4.78 is 98.2. The molecule has 0 aliphatic carbocycles. The number of sulfonamides is 1. The fourth-order valence-electron chi connectivity index (χ4n) is 1.27. The number of halogens is 6. The molecule has 19 heavy (non-hydrogen) atoms. The largest absolute Gasteiger partial charge is 0.423 e. The molecule has 0 amide bonds. The molecule has 0 aromatic heterocycles. The summed E-state index contributed by atoms with van der Waals surface area (Å²) in [4.78, 5) is 0. The molecule has 0 rings (SSSR count). The zero-order valence-corrected chi connectivity index (χ0v) is 10.8. The van der Waals surface area contributed by atoms with E-state index in [1.165, 1.54) is 0 Å². The second-order valence-electron chi connectivity index (χ2n) is 4.75. The molecule has 0 aromatic carbocycles. The van der Waals surface area contributed by atoms with Gasteiger partial charge in [0.05, 0.1) is 12.4 Å². The highest BCUT2D eigenvalue weighted by molar-refractivity contribution is 7.89. The van der Waals surface area contributed by atoms with E-state index in [0.717, 1.165) is 13.8 Å². The molecule has 0 aliphatic heterocycles. The molecule has 0 spiro atoms. The first kappa shape index (κ1) is 18.4. The molecule has 2 N–H and O–H groups in total. The lowest BCUT2D eigenvalue weighted by atomic mass is 9.98. The molecule has 0 aromatic rings. The quantitative estimate of drug-likeness (QED) is 0.786. The van der Waals surface area contributed by atoms with Crippen LogP contribution in [0.2, 0.25) is 0 Å². The van der Waals surface area contributed by atoms with Crippen LogP contribution in [0.1, 0.15) is 13.8 Å². The van der Waals surface area contributed by atoms with Crippen molar-refractivity contribution in [2.75, 3.05) is 12.4 Å². The maximum absolute atomic E-state index is 12.1. The highest BCUT2D eigenvalue weighted by Crippen LogP contribution is 2.36. The topological polar surface area (TPSA) is 69.4 Å². The van der Waals surface area contributed by atoms with Crippen LogP contribution in [0, 0.1) is 5.41 Å². The van der Waals surface area contributed by atoms with Gasteiger partial charge in [0.2, 0.25) is 16.1 Å². The van der Waals surface area contributed by atoms with Crippen LogP contribution >= 0.6 is 0 Å². The van der Waals surface area contributed by atoms with Gasteiger partial charge in [-0.05, 0) is 0 Å². The molecular weight excluding hydrogens is 304 g/mol. The summed E-state index contributed by atoms with van der Waals surface area (Å²) in [5.41, 5.74) is -1.48. The molecule has 4 nitrogen and oxygen atoms in total. The molecule has 0 saturated carbocycles. The summed E-state index contributed by atoms with van der Waals surface area (Å²) in [7, 11) is -4.04. The standard InChI is InChI=1S/C8H13F6NO3S/c1-6(2,4-19(15,16)17)3-18-5(7(9,10)11)8(12,13)14/h5H,3-4H2,1-2H3,(H2,15,16,17). The lowest BCUT2D eigenvalue weighted by molar-refractivity contribution is -0.325. The van der Waals surface area contributed by atoms with Crippen molar-refractivity contribution in [3.8, 4) is 0 Å². The second kappa shape index (κ2) is 5.44. The first-order valence-electron chi connectivity index (χ1n) is 4.80. The number of hydrogen-bond acceptors (Lipinski definition) is 3. The molecule has 0 heterocycles. The van der Waals surface area contributed by atoms with Crippen LogP contribution in [0.15, 0.2) is 0 Å². The van der Waals surface area contributed by atoms with Crippen LogP contribution in [0.5, 0.6) is 0 Å². The lowest BCUT2D eigenvalue weighted by Gasteiger charge is -2.28. The summed E-state index contributed by atoms with van der Waals surface area (Å²) in [6.45, 7) is 1.19. The van der Waals surface area contributed by atoms with E-state index in [1.54, 1.807) is 0 Å². The molecule has 116 valence electrons. The van der Waals surface area contributed by atoms with E-state index in [-0.39, 0.29) is 0 Å². The fraction of sp³-hybridized carbons (Fsp3) is 1.00. The van der Waals surface area contributed by atoms with E-state index >= 15 is 0 Å². The van der Waals surface area contributed by atoms with Crippen molar-refractivity contribution in [1.82, 2.24) is 0 Å². The van der Waals surface area contributed by atoms with Crippen LogP contribution in [-0.2, 0) is 14.8 Å². The Bertz CT molecular complexity index is 386. The lowest BCUT2D eigenvalue weighted by Crippen LogP contribution is -2.46. The van der Waals surface area contributed by atoms with E-state index in [1.807, 2.05) is 0 Å². The SMILES string of the molecule is CC(C)(COC(C(F)(F)F)C(F)(F)F)CS(N)(=O)=O. The number of rotatable bonds is 5. The first-order valence-corrected chi connectivity index (χ1v) is 6.52. The van der Waals surface area contributed by atoms with Crippen molar-refractivity contribution >= 4 is 10.0 Å². The molecular formula is C8H13F6NO3S. The minimum Gasteiger partial charge on any atom is -0.360 e. The summed E-state index contributed by atoms with van der Waals surface area (Å²) in [6.07, 6.45) is -15.2. The number of nitrogens with two attached hydrogens (primary N) is 1. The van der Waals surface area contributed by atoms with Crippen LogP contribution in [-0.4, -0.2) is 39.2 Å². The third-order valence-corrected chi connectivity index (χ3v) is 3.01. The van der Waals surface area contributed by atoms with Gasteiger partial charge in [0, 0.05) is 5.41 Å². The minimum atomic E-state index is -5.63. The maximum Gasteiger partial charge on any atom is 0.423 e. The predicted octanol–water partition coefficient (Wildman–Crippen LogP) is 1.81. The minimum absolute atomic E-state index is 0.803. The Hall–Kier alpha value is -0.550. The van der Waals surface area contributed by atoms with E-state index in [4.69, 9.17) is 0 Å². The highest BCUT2D eigenvalue weighted by Gasteiger charge is 2.58. The van der Waals surface area contributed by atoms with Crippen molar-refractivity contribution < 1.29 is 39.5 Å². The third kappa shape index (κ3) is 7.57. The fourth-order valence-corrected chi connectivity index (χ4v) is 2.44. The van der Waals surface area contributed by atoms with Crippen molar-refractivity contribution in [2.45, 2.75) is 32.3 Å². The van der Waals surface area contributed by atoms with Gasteiger partial charge in [-0.3, -0.25) is 0 Å². The summed E-state index contributed by atoms with van der Waals surface area (Å²) in [6, 6.07) is 0. The number of primary sulfonamides is 1. The Kier molecular flexibility index (Phi) is 5.29. The Balaban J connectivity index is 4.84. The summed E-state index contributed by atoms with van der Waals surface area (Å²) >= 11 is 0. The zero-order valence-electron chi connectivity index (χ0n) is 9.97. The monoisotopic (exact) mass is 317 g/mol. The average molecular weight is 317 g/mol. The van der Waals surface area contributed by atoms with E-state index in [2.05, 4.69) is 9.88 Å². The van der Waals surface area contributed by atoms with Gasteiger partial charge in [-0.2, -0.15) is 26.3 Å². The van der Waals surface area contributed by atoms with Crippen LogP contribution in [0.3, 0.4) is 0 Å². The van der Waals surface area contributed by atoms with Gasteiger partial charge >= 0.3 is 12.4 Å². The Morgan fingerprint density at radius 3 is 1.68 bits per heavy atom. The van der Waals surface area contributed by atoms with Crippen LogP contribution < -0.4 is 5.14 Å². The molecule has 0 unspecified atom stereocenters. The molecule has 0 saturated heterocycles. The van der Waals surface area contributed by atoms with E-state index < -0.39 is 46.3 Å². The molecule has 0 fully saturated rings. The third-order valence-electron chi connectivity index (χ3n) is 1.83. The van der Waals surface area contributed by atoms with E-state index in [0.29, 0.717) is 0 Å². The molecule has 0 radical (unpaired) electrons. The van der Waals surface area contributed by atoms with Crippen molar-refractivity contribution in [3.05, 3.63) is 0 Å². The Labute approximate surface area is 106 Å². The Morgan fingerprint density at radius 2 is 1.42 bits per heavy atom. The molecule has 0 aliphatic rings. The second-order valence-corrected chi connectivity index (χ2v) is 6.36. The normalized spacial score (nSPS) is 15.1. The van der Waals surface area contributed by atoms with Gasteiger partial charge < -0.3 is 4.74 Å². The average Bonchev–Trinajstić information content (AvgIpc) is 1.91. The number of alkyl halides is 6. The van der Waals surface area contributed by atoms with Crippen LogP contribution in [0.25, 0.3) is 0 Å². The van der Waals surface area contributed by atoms with Crippen molar-refractivity contribution in [2.24, 2.45) is 10.6 Å². The van der Waals surface area contributed by atoms with Gasteiger partial charge in [-0.15, -0.1) is 0 Å². The van der Waals surface area contributed by atoms with Crippen molar-refractivity contribution in [3.63, 3.8) is 0 Å². The van der Waals surface area contributed by atoms with Gasteiger partial charge in [0.15, 0.2) is 0 Å².